The van der Waals surface area contributed by atoms with Gasteiger partial charge < -0.3 is 14.7 Å². The van der Waals surface area contributed by atoms with E-state index in [1.54, 1.807) is 31.5 Å². The lowest BCUT2D eigenvalue weighted by atomic mass is 10.1. The van der Waals surface area contributed by atoms with Gasteiger partial charge in [0.2, 0.25) is 12.5 Å². The second kappa shape index (κ2) is 5.65. The summed E-state index contributed by atoms with van der Waals surface area (Å²) < 4.78 is 15.5. The van der Waals surface area contributed by atoms with Crippen molar-refractivity contribution < 1.29 is 19.0 Å². The zero-order valence-corrected chi connectivity index (χ0v) is 12.7. The lowest BCUT2D eigenvalue weighted by Crippen LogP contribution is -2.25. The van der Waals surface area contributed by atoms with Gasteiger partial charge >= 0.3 is 0 Å². The number of ether oxygens (including phenoxy) is 2. The highest BCUT2D eigenvalue weighted by atomic mass is 16.8. The van der Waals surface area contributed by atoms with Crippen molar-refractivity contribution in [2.45, 2.75) is 6.92 Å². The van der Waals surface area contributed by atoms with Crippen LogP contribution < -0.4 is 14.4 Å². The van der Waals surface area contributed by atoms with Gasteiger partial charge in [-0.25, -0.2) is 0 Å². The van der Waals surface area contributed by atoms with Crippen LogP contribution in [0.15, 0.2) is 46.2 Å². The summed E-state index contributed by atoms with van der Waals surface area (Å²) in [5.74, 6) is 1.16. The van der Waals surface area contributed by atoms with E-state index < -0.39 is 0 Å². The minimum absolute atomic E-state index is 0.140. The van der Waals surface area contributed by atoms with Gasteiger partial charge in [0.25, 0.3) is 5.69 Å². The molecule has 3 aromatic rings. The maximum Gasteiger partial charge on any atom is 0.253 e. The Morgan fingerprint density at radius 2 is 2.08 bits per heavy atom. The predicted octanol–water partition coefficient (Wildman–Crippen LogP) is 2.16. The molecule has 0 radical (unpaired) electrons. The number of fused-ring (bicyclic) bond motifs is 1. The first-order valence-electron chi connectivity index (χ1n) is 7.18. The summed E-state index contributed by atoms with van der Waals surface area (Å²) in [5.41, 5.74) is 2.63. The zero-order valence-electron chi connectivity index (χ0n) is 12.7. The van der Waals surface area contributed by atoms with Crippen LogP contribution in [0.1, 0.15) is 11.4 Å². The molecule has 0 amide bonds. The van der Waals surface area contributed by atoms with Crippen LogP contribution in [0.3, 0.4) is 0 Å². The Kier molecular flexibility index (Phi) is 3.34. The molecule has 1 aliphatic rings. The van der Waals surface area contributed by atoms with Crippen molar-refractivity contribution in [3.05, 3.63) is 53.1 Å². The summed E-state index contributed by atoms with van der Waals surface area (Å²) in [4.78, 5) is 9.01. The van der Waals surface area contributed by atoms with Crippen LogP contribution in [-0.2, 0) is 0 Å². The fourth-order valence-corrected chi connectivity index (χ4v) is 2.35. The van der Waals surface area contributed by atoms with E-state index in [9.17, 15) is 5.21 Å². The lowest BCUT2D eigenvalue weighted by Gasteiger charge is -2.03. The Bertz CT molecular complexity index is 921. The van der Waals surface area contributed by atoms with E-state index in [2.05, 4.69) is 19.8 Å². The van der Waals surface area contributed by atoms with E-state index in [-0.39, 0.29) is 6.79 Å². The molecule has 3 heterocycles. The molecule has 120 valence electrons. The van der Waals surface area contributed by atoms with E-state index in [0.29, 0.717) is 44.7 Å². The van der Waals surface area contributed by atoms with Gasteiger partial charge in [-0.2, -0.15) is 0 Å². The molecular weight excluding hydrogens is 312 g/mol. The average molecular weight is 324 g/mol. The van der Waals surface area contributed by atoms with Gasteiger partial charge in [0.05, 0.1) is 23.2 Å². The van der Waals surface area contributed by atoms with Crippen molar-refractivity contribution in [2.24, 2.45) is 4.99 Å². The zero-order chi connectivity index (χ0) is 16.5. The summed E-state index contributed by atoms with van der Waals surface area (Å²) in [6.07, 6.45) is 3.31. The Morgan fingerprint density at radius 3 is 2.79 bits per heavy atom. The van der Waals surface area contributed by atoms with Crippen LogP contribution in [-0.4, -0.2) is 23.1 Å². The molecule has 1 aromatic carbocycles. The molecular formula is C16H12N4O4. The third-order valence-electron chi connectivity index (χ3n) is 3.59. The number of pyridine rings is 1. The van der Waals surface area contributed by atoms with Crippen LogP contribution in [0.5, 0.6) is 11.5 Å². The first kappa shape index (κ1) is 14.2. The molecule has 0 fully saturated rings. The fraction of sp³-hybridized carbons (Fsp3) is 0.125. The predicted molar refractivity (Wildman–Crippen MR) is 83.3 cm³/mol. The molecule has 0 atom stereocenters. The summed E-state index contributed by atoms with van der Waals surface area (Å²) in [6, 6.07) is 9.01. The van der Waals surface area contributed by atoms with E-state index in [4.69, 9.17) is 9.47 Å². The third kappa shape index (κ3) is 2.43. The van der Waals surface area contributed by atoms with Gasteiger partial charge in [0.1, 0.15) is 0 Å². The van der Waals surface area contributed by atoms with Crippen LogP contribution in [0, 0.1) is 12.1 Å². The highest BCUT2D eigenvalue weighted by Gasteiger charge is 2.24. The quantitative estimate of drug-likeness (QED) is 0.541. The van der Waals surface area contributed by atoms with Gasteiger partial charge in [-0.15, -0.1) is 0 Å². The monoisotopic (exact) mass is 324 g/mol. The SMILES string of the molecule is Cc1c(-c2cc3c(cc2N=Cc2ccccn2)OCO3)no[n+]1[O-]. The molecule has 8 nitrogen and oxygen atoms in total. The molecule has 0 saturated heterocycles. The Morgan fingerprint density at radius 1 is 1.25 bits per heavy atom. The molecule has 0 unspecified atom stereocenters. The van der Waals surface area contributed by atoms with Crippen molar-refractivity contribution in [3.8, 4) is 22.8 Å². The standard InChI is InChI=1S/C16H12N4O4/c1-10-16(19-24-20(10)21)12-6-14-15(23-9-22-14)7-13(12)18-8-11-4-2-3-5-17-11/h2-8H,9H2,1H3. The minimum atomic E-state index is 0.140. The van der Waals surface area contributed by atoms with Crippen molar-refractivity contribution in [3.63, 3.8) is 0 Å². The maximum absolute atomic E-state index is 11.5. The number of rotatable bonds is 3. The van der Waals surface area contributed by atoms with Gasteiger partial charge in [0, 0.05) is 24.3 Å². The normalized spacial score (nSPS) is 12.9. The van der Waals surface area contributed by atoms with E-state index in [1.165, 1.54) is 0 Å². The first-order valence-corrected chi connectivity index (χ1v) is 7.18. The molecule has 8 heteroatoms. The molecule has 0 aliphatic carbocycles. The average Bonchev–Trinajstić information content (AvgIpc) is 3.20. The van der Waals surface area contributed by atoms with Crippen molar-refractivity contribution >= 4 is 11.9 Å². The minimum Gasteiger partial charge on any atom is -0.454 e. The molecule has 0 bridgehead atoms. The fourth-order valence-electron chi connectivity index (χ4n) is 2.35. The Hall–Kier alpha value is -3.42. The van der Waals surface area contributed by atoms with Gasteiger partial charge in [0.15, 0.2) is 11.5 Å². The number of hydrogen-bond donors (Lipinski definition) is 0. The second-order valence-electron chi connectivity index (χ2n) is 5.10. The van der Waals surface area contributed by atoms with Crippen LogP contribution in [0.2, 0.25) is 0 Å². The Labute approximate surface area is 136 Å². The highest BCUT2D eigenvalue weighted by molar-refractivity contribution is 5.85. The van der Waals surface area contributed by atoms with Crippen molar-refractivity contribution in [1.29, 1.82) is 0 Å². The summed E-state index contributed by atoms with van der Waals surface area (Å²) >= 11 is 0. The van der Waals surface area contributed by atoms with Gasteiger partial charge in [-0.1, -0.05) is 6.07 Å². The number of aliphatic imine (C=N–C) groups is 1. The maximum atomic E-state index is 11.5. The molecule has 2 aromatic heterocycles. The highest BCUT2D eigenvalue weighted by Crippen LogP contribution is 2.42. The Balaban J connectivity index is 1.83. The topological polar surface area (TPSA) is 96.7 Å². The van der Waals surface area contributed by atoms with E-state index in [1.807, 2.05) is 18.2 Å². The number of nitrogens with zero attached hydrogens (tertiary/aromatic N) is 4. The lowest BCUT2D eigenvalue weighted by molar-refractivity contribution is -0.806. The second-order valence-corrected chi connectivity index (χ2v) is 5.10. The third-order valence-corrected chi connectivity index (χ3v) is 3.59. The molecule has 4 rings (SSSR count). The van der Waals surface area contributed by atoms with Crippen molar-refractivity contribution in [2.75, 3.05) is 6.79 Å². The number of aromatic nitrogens is 3. The van der Waals surface area contributed by atoms with Crippen LogP contribution in [0.25, 0.3) is 11.3 Å². The summed E-state index contributed by atoms with van der Waals surface area (Å²) in [7, 11) is 0. The molecule has 1 aliphatic heterocycles. The molecule has 0 spiro atoms. The van der Waals surface area contributed by atoms with E-state index in [0.717, 1.165) is 0 Å². The van der Waals surface area contributed by atoms with Gasteiger partial charge in [-0.3, -0.25) is 14.6 Å². The summed E-state index contributed by atoms with van der Waals surface area (Å²) in [5, 5.41) is 15.3. The smallest absolute Gasteiger partial charge is 0.253 e. The van der Waals surface area contributed by atoms with Gasteiger partial charge in [-0.05, 0) is 23.1 Å². The number of hydrogen-bond acceptors (Lipinski definition) is 7. The van der Waals surface area contributed by atoms with Crippen molar-refractivity contribution in [1.82, 2.24) is 10.1 Å². The molecule has 24 heavy (non-hydrogen) atoms. The molecule has 0 N–H and O–H groups in total. The van der Waals surface area contributed by atoms with E-state index >= 15 is 0 Å². The number of benzene rings is 1. The van der Waals surface area contributed by atoms with Crippen LogP contribution >= 0.6 is 0 Å². The van der Waals surface area contributed by atoms with Crippen LogP contribution in [0.4, 0.5) is 5.69 Å². The first-order chi connectivity index (χ1) is 11.7. The molecule has 0 saturated carbocycles. The summed E-state index contributed by atoms with van der Waals surface area (Å²) in [6.45, 7) is 1.76. The largest absolute Gasteiger partial charge is 0.454 e.